The Hall–Kier alpha value is -2.84. The number of aliphatic hydroxyl groups is 1. The molecule has 1 amide bonds. The molecule has 2 bridgehead atoms. The van der Waals surface area contributed by atoms with Gasteiger partial charge in [0, 0.05) is 31.3 Å². The molecule has 0 unspecified atom stereocenters. The van der Waals surface area contributed by atoms with Crippen LogP contribution in [0.15, 0.2) is 48.5 Å². The molecule has 7 rings (SSSR count). The van der Waals surface area contributed by atoms with E-state index in [1.165, 1.54) is 36.6 Å². The number of halogens is 3. The molecule has 0 aromatic heterocycles. The third kappa shape index (κ3) is 3.70. The summed E-state index contributed by atoms with van der Waals surface area (Å²) in [6.45, 7) is 1.93. The number of hydrogen-bond acceptors (Lipinski definition) is 4. The molecular weight excluding hydrogens is 505 g/mol. The number of hydrogen-bond donors (Lipinski definition) is 1. The molecule has 5 aliphatic rings. The van der Waals surface area contributed by atoms with Gasteiger partial charge >= 0.3 is 6.18 Å². The zero-order chi connectivity index (χ0) is 27.2. The fourth-order valence-electron chi connectivity index (χ4n) is 8.09. The molecule has 1 N–H and O–H groups in total. The summed E-state index contributed by atoms with van der Waals surface area (Å²) in [5.74, 6) is 1.25. The molecule has 5 atom stereocenters. The molecule has 5 nitrogen and oxygen atoms in total. The number of nitrogens with zero attached hydrogens (tertiary/aromatic N) is 2. The standard InChI is InChI=1S/C31H33F3N2O3/c1-35(26(37)11-10-19-4-2-6-22(16-19)31(32,33)34)23-12-13-30(38)25-17-21-5-3-7-24-27(21)29(30,28(23)39-24)14-15-36(25)18-20-8-9-20/h2-7,10-11,16,20,23,25,28,38H,8-9,12-15,17-18H2,1H3/t23-,25-,28+,29+,30-/m1/s1. The van der Waals surface area contributed by atoms with Crippen molar-refractivity contribution < 1.29 is 27.8 Å². The van der Waals surface area contributed by atoms with Crippen LogP contribution in [0.1, 0.15) is 54.4 Å². The van der Waals surface area contributed by atoms with Crippen LogP contribution < -0.4 is 4.74 Å². The van der Waals surface area contributed by atoms with Crippen molar-refractivity contribution >= 4 is 12.0 Å². The number of likely N-dealkylation sites (tertiary alicyclic amines) is 1. The van der Waals surface area contributed by atoms with E-state index in [-0.39, 0.29) is 24.1 Å². The highest BCUT2D eigenvalue weighted by atomic mass is 19.4. The van der Waals surface area contributed by atoms with Gasteiger partial charge in [0.25, 0.3) is 0 Å². The van der Waals surface area contributed by atoms with Crippen LogP contribution >= 0.6 is 0 Å². The van der Waals surface area contributed by atoms with Crippen LogP contribution in [0.5, 0.6) is 5.75 Å². The Bertz CT molecular complexity index is 1350. The molecule has 8 heteroatoms. The molecule has 1 spiro atoms. The maximum Gasteiger partial charge on any atom is 0.416 e. The van der Waals surface area contributed by atoms with Gasteiger partial charge in [-0.2, -0.15) is 13.2 Å². The zero-order valence-corrected chi connectivity index (χ0v) is 22.0. The van der Waals surface area contributed by atoms with Crippen LogP contribution in [0.25, 0.3) is 6.08 Å². The normalized spacial score (nSPS) is 33.1. The third-order valence-corrected chi connectivity index (χ3v) is 10.1. The predicted molar refractivity (Wildman–Crippen MR) is 140 cm³/mol. The van der Waals surface area contributed by atoms with Gasteiger partial charge in [0.2, 0.25) is 5.91 Å². The summed E-state index contributed by atoms with van der Waals surface area (Å²) >= 11 is 0. The van der Waals surface area contributed by atoms with Crippen LogP contribution in [0.4, 0.5) is 13.2 Å². The van der Waals surface area contributed by atoms with Gasteiger partial charge in [-0.15, -0.1) is 0 Å². The van der Waals surface area contributed by atoms with Crippen molar-refractivity contribution in [2.75, 3.05) is 20.1 Å². The maximum atomic E-state index is 13.3. The summed E-state index contributed by atoms with van der Waals surface area (Å²) < 4.78 is 46.0. The molecule has 2 heterocycles. The average molecular weight is 539 g/mol. The summed E-state index contributed by atoms with van der Waals surface area (Å²) in [7, 11) is 1.74. The van der Waals surface area contributed by atoms with Gasteiger partial charge in [0.05, 0.1) is 22.6 Å². The number of amides is 1. The van der Waals surface area contributed by atoms with Crippen molar-refractivity contribution in [1.29, 1.82) is 0 Å². The first-order valence-electron chi connectivity index (χ1n) is 14.0. The van der Waals surface area contributed by atoms with Crippen LogP contribution in [0.2, 0.25) is 0 Å². The van der Waals surface area contributed by atoms with E-state index in [0.717, 1.165) is 55.3 Å². The fraction of sp³-hybridized carbons (Fsp3) is 0.516. The van der Waals surface area contributed by atoms with Crippen molar-refractivity contribution in [3.63, 3.8) is 0 Å². The topological polar surface area (TPSA) is 53.0 Å². The van der Waals surface area contributed by atoms with E-state index in [2.05, 4.69) is 11.0 Å². The summed E-state index contributed by atoms with van der Waals surface area (Å²) in [4.78, 5) is 17.5. The number of rotatable bonds is 5. The first kappa shape index (κ1) is 25.1. The molecule has 2 aliphatic heterocycles. The third-order valence-electron chi connectivity index (χ3n) is 10.1. The lowest BCUT2D eigenvalue weighted by atomic mass is 9.48. The fourth-order valence-corrected chi connectivity index (χ4v) is 8.09. The van der Waals surface area contributed by atoms with Crippen molar-refractivity contribution in [2.45, 2.75) is 73.9 Å². The number of likely N-dealkylation sites (N-methyl/N-ethyl adjacent to an activating group) is 1. The van der Waals surface area contributed by atoms with Crippen LogP contribution in [0.3, 0.4) is 0 Å². The highest BCUT2D eigenvalue weighted by Gasteiger charge is 2.73. The van der Waals surface area contributed by atoms with Crippen molar-refractivity contribution in [3.8, 4) is 5.75 Å². The van der Waals surface area contributed by atoms with Gasteiger partial charge < -0.3 is 14.7 Å². The van der Waals surface area contributed by atoms with Gasteiger partial charge in [-0.25, -0.2) is 0 Å². The molecule has 3 fully saturated rings. The monoisotopic (exact) mass is 538 g/mol. The minimum atomic E-state index is -4.44. The van der Waals surface area contributed by atoms with Gasteiger partial charge in [0.1, 0.15) is 11.9 Å². The molecular formula is C31H33F3N2O3. The van der Waals surface area contributed by atoms with Gasteiger partial charge in [-0.1, -0.05) is 24.3 Å². The Morgan fingerprint density at radius 2 is 1.97 bits per heavy atom. The van der Waals surface area contributed by atoms with E-state index in [1.807, 2.05) is 12.1 Å². The number of alkyl halides is 3. The largest absolute Gasteiger partial charge is 0.487 e. The minimum Gasteiger partial charge on any atom is -0.487 e. The molecule has 206 valence electrons. The Morgan fingerprint density at radius 3 is 2.74 bits per heavy atom. The quantitative estimate of drug-likeness (QED) is 0.556. The van der Waals surface area contributed by atoms with E-state index in [4.69, 9.17) is 4.74 Å². The lowest BCUT2D eigenvalue weighted by molar-refractivity contribution is -0.200. The summed E-state index contributed by atoms with van der Waals surface area (Å²) in [6.07, 6.45) is 3.24. The highest BCUT2D eigenvalue weighted by molar-refractivity contribution is 5.92. The lowest BCUT2D eigenvalue weighted by Crippen LogP contribution is -2.78. The Balaban J connectivity index is 1.19. The number of carbonyl (C=O) groups excluding carboxylic acids is 1. The summed E-state index contributed by atoms with van der Waals surface area (Å²) in [5.41, 5.74) is 0.427. The number of carbonyl (C=O) groups is 1. The van der Waals surface area contributed by atoms with Crippen LogP contribution in [0, 0.1) is 5.92 Å². The first-order chi connectivity index (χ1) is 18.6. The van der Waals surface area contributed by atoms with E-state index in [9.17, 15) is 23.1 Å². The molecule has 0 radical (unpaired) electrons. The van der Waals surface area contributed by atoms with Crippen molar-refractivity contribution in [3.05, 3.63) is 70.8 Å². The second-order valence-corrected chi connectivity index (χ2v) is 12.1. The van der Waals surface area contributed by atoms with Gasteiger partial charge in [-0.05, 0) is 86.4 Å². The van der Waals surface area contributed by atoms with Crippen molar-refractivity contribution in [1.82, 2.24) is 9.80 Å². The number of piperidine rings is 1. The Labute approximate surface area is 226 Å². The summed E-state index contributed by atoms with van der Waals surface area (Å²) in [5, 5.41) is 12.6. The smallest absolute Gasteiger partial charge is 0.416 e. The van der Waals surface area contributed by atoms with Gasteiger partial charge in [-0.3, -0.25) is 9.69 Å². The average Bonchev–Trinajstić information content (AvgIpc) is 3.66. The zero-order valence-electron chi connectivity index (χ0n) is 22.0. The lowest BCUT2D eigenvalue weighted by Gasteiger charge is -2.64. The number of benzene rings is 2. The number of ether oxygens (including phenoxy) is 1. The summed E-state index contributed by atoms with van der Waals surface area (Å²) in [6, 6.07) is 10.9. The van der Waals surface area contributed by atoms with Gasteiger partial charge in [0.15, 0.2) is 0 Å². The molecule has 3 aliphatic carbocycles. The van der Waals surface area contributed by atoms with E-state index in [0.29, 0.717) is 18.4 Å². The second-order valence-electron chi connectivity index (χ2n) is 12.1. The van der Waals surface area contributed by atoms with Crippen LogP contribution in [-0.4, -0.2) is 64.7 Å². The molecule has 2 saturated carbocycles. The molecule has 2 aromatic rings. The maximum absolute atomic E-state index is 13.3. The minimum absolute atomic E-state index is 0.0292. The predicted octanol–water partition coefficient (Wildman–Crippen LogP) is 4.81. The van der Waals surface area contributed by atoms with Crippen molar-refractivity contribution in [2.24, 2.45) is 5.92 Å². The van der Waals surface area contributed by atoms with E-state index >= 15 is 0 Å². The first-order valence-corrected chi connectivity index (χ1v) is 14.0. The highest BCUT2D eigenvalue weighted by Crippen LogP contribution is 2.64. The van der Waals surface area contributed by atoms with E-state index in [1.54, 1.807) is 18.0 Å². The molecule has 2 aromatic carbocycles. The van der Waals surface area contributed by atoms with Crippen LogP contribution in [-0.2, 0) is 22.8 Å². The Kier molecular flexibility index (Phi) is 5.53. The molecule has 39 heavy (non-hydrogen) atoms. The SMILES string of the molecule is CN(C(=O)C=Cc1cccc(C(F)(F)F)c1)[C@@H]1CC[C@@]2(O)[C@H]3Cc4cccc5c4[C@@]2(CCN3CC2CC2)[C@H]1O5. The van der Waals surface area contributed by atoms with E-state index < -0.39 is 22.8 Å². The second kappa shape index (κ2) is 8.58. The Morgan fingerprint density at radius 1 is 1.18 bits per heavy atom. The molecule has 1 saturated heterocycles.